The van der Waals surface area contributed by atoms with E-state index in [4.69, 9.17) is 0 Å². The first-order valence-corrected chi connectivity index (χ1v) is 5.74. The van der Waals surface area contributed by atoms with Crippen LogP contribution in [-0.4, -0.2) is 17.0 Å². The highest BCUT2D eigenvalue weighted by Gasteiger charge is 2.21. The average Bonchev–Trinajstić information content (AvgIpc) is 2.38. The van der Waals surface area contributed by atoms with Crippen LogP contribution in [0.2, 0.25) is 0 Å². The van der Waals surface area contributed by atoms with Gasteiger partial charge in [-0.05, 0) is 24.1 Å². The van der Waals surface area contributed by atoms with Gasteiger partial charge in [0, 0.05) is 19.4 Å². The van der Waals surface area contributed by atoms with E-state index >= 15 is 0 Å². The summed E-state index contributed by atoms with van der Waals surface area (Å²) in [5, 5.41) is 3.33. The topological polar surface area (TPSA) is 41.1 Å². The SMILES string of the molecule is CCc1ccc2c(c1)Nc1nccnc1N2C. The molecule has 1 aromatic carbocycles. The van der Waals surface area contributed by atoms with E-state index in [1.54, 1.807) is 12.4 Å². The number of aromatic nitrogens is 2. The number of fused-ring (bicyclic) bond motifs is 2. The van der Waals surface area contributed by atoms with Crippen LogP contribution < -0.4 is 10.2 Å². The van der Waals surface area contributed by atoms with Crippen molar-refractivity contribution in [3.05, 3.63) is 36.2 Å². The number of rotatable bonds is 1. The Hall–Kier alpha value is -2.10. The largest absolute Gasteiger partial charge is 0.335 e. The summed E-state index contributed by atoms with van der Waals surface area (Å²) in [4.78, 5) is 10.7. The van der Waals surface area contributed by atoms with E-state index in [0.717, 1.165) is 29.4 Å². The minimum atomic E-state index is 0.816. The van der Waals surface area contributed by atoms with Gasteiger partial charge in [-0.1, -0.05) is 13.0 Å². The second-order valence-corrected chi connectivity index (χ2v) is 4.12. The predicted molar refractivity (Wildman–Crippen MR) is 69.2 cm³/mol. The Bertz CT molecular complexity index is 565. The van der Waals surface area contributed by atoms with E-state index in [9.17, 15) is 0 Å². The molecule has 1 aromatic heterocycles. The summed E-state index contributed by atoms with van der Waals surface area (Å²) in [6.45, 7) is 2.15. The molecule has 0 unspecified atom stereocenters. The predicted octanol–water partition coefficient (Wildman–Crippen LogP) is 2.86. The Kier molecular flexibility index (Phi) is 2.21. The molecule has 0 atom stereocenters. The molecule has 1 N–H and O–H groups in total. The third-order valence-electron chi connectivity index (χ3n) is 3.08. The third-order valence-corrected chi connectivity index (χ3v) is 3.08. The summed E-state index contributed by atoms with van der Waals surface area (Å²) in [7, 11) is 2.01. The van der Waals surface area contributed by atoms with Gasteiger partial charge in [0.25, 0.3) is 0 Å². The first kappa shape index (κ1) is 10.1. The van der Waals surface area contributed by atoms with Crippen molar-refractivity contribution >= 4 is 23.0 Å². The molecule has 3 rings (SSSR count). The molecule has 4 heteroatoms. The zero-order chi connectivity index (χ0) is 11.8. The number of nitrogens with one attached hydrogen (secondary N) is 1. The summed E-state index contributed by atoms with van der Waals surface area (Å²) in [6, 6.07) is 6.45. The van der Waals surface area contributed by atoms with Crippen LogP contribution in [0.3, 0.4) is 0 Å². The minimum Gasteiger partial charge on any atom is -0.335 e. The molecule has 4 nitrogen and oxygen atoms in total. The monoisotopic (exact) mass is 226 g/mol. The van der Waals surface area contributed by atoms with Crippen molar-refractivity contribution in [2.24, 2.45) is 0 Å². The smallest absolute Gasteiger partial charge is 0.176 e. The van der Waals surface area contributed by atoms with E-state index in [1.165, 1.54) is 5.56 Å². The van der Waals surface area contributed by atoms with Crippen molar-refractivity contribution in [1.29, 1.82) is 0 Å². The fraction of sp³-hybridized carbons (Fsp3) is 0.231. The summed E-state index contributed by atoms with van der Waals surface area (Å²) in [6.07, 6.45) is 4.45. The zero-order valence-corrected chi connectivity index (χ0v) is 9.94. The molecule has 1 aliphatic heterocycles. The first-order valence-electron chi connectivity index (χ1n) is 5.74. The van der Waals surface area contributed by atoms with Gasteiger partial charge in [0.05, 0.1) is 11.4 Å². The molecule has 2 heterocycles. The van der Waals surface area contributed by atoms with Gasteiger partial charge in [0.1, 0.15) is 0 Å². The highest BCUT2D eigenvalue weighted by molar-refractivity contribution is 5.88. The van der Waals surface area contributed by atoms with Gasteiger partial charge >= 0.3 is 0 Å². The number of hydrogen-bond donors (Lipinski definition) is 1. The molecule has 0 radical (unpaired) electrons. The van der Waals surface area contributed by atoms with Gasteiger partial charge < -0.3 is 10.2 Å². The number of nitrogens with zero attached hydrogens (tertiary/aromatic N) is 3. The second-order valence-electron chi connectivity index (χ2n) is 4.12. The summed E-state index contributed by atoms with van der Waals surface area (Å²) >= 11 is 0. The van der Waals surface area contributed by atoms with Gasteiger partial charge in [-0.25, -0.2) is 9.97 Å². The number of aryl methyl sites for hydroxylation is 1. The maximum Gasteiger partial charge on any atom is 0.176 e. The van der Waals surface area contributed by atoms with Crippen LogP contribution in [0.1, 0.15) is 12.5 Å². The number of hydrogen-bond acceptors (Lipinski definition) is 4. The van der Waals surface area contributed by atoms with Crippen molar-refractivity contribution in [1.82, 2.24) is 9.97 Å². The number of benzene rings is 1. The van der Waals surface area contributed by atoms with Gasteiger partial charge in [-0.15, -0.1) is 0 Å². The molecule has 0 spiro atoms. The van der Waals surface area contributed by atoms with Crippen molar-refractivity contribution < 1.29 is 0 Å². The Balaban J connectivity index is 2.12. The van der Waals surface area contributed by atoms with Crippen LogP contribution in [0.15, 0.2) is 30.6 Å². The maximum atomic E-state index is 4.34. The summed E-state index contributed by atoms with van der Waals surface area (Å²) < 4.78 is 0. The molecule has 0 aliphatic carbocycles. The van der Waals surface area contributed by atoms with Crippen molar-refractivity contribution in [3.63, 3.8) is 0 Å². The van der Waals surface area contributed by atoms with Gasteiger partial charge in [-0.3, -0.25) is 0 Å². The van der Waals surface area contributed by atoms with E-state index < -0.39 is 0 Å². The Labute approximate surface area is 100 Å². The second kappa shape index (κ2) is 3.73. The van der Waals surface area contributed by atoms with Crippen LogP contribution in [0, 0.1) is 0 Å². The highest BCUT2D eigenvalue weighted by atomic mass is 15.3. The van der Waals surface area contributed by atoms with Crippen LogP contribution in [-0.2, 0) is 6.42 Å². The molecule has 86 valence electrons. The Morgan fingerprint density at radius 1 is 1.24 bits per heavy atom. The standard InChI is InChI=1S/C13H14N4/c1-3-9-4-5-11-10(8-9)16-12-13(17(11)2)15-7-6-14-12/h4-8H,3H2,1-2H3,(H,14,16). The van der Waals surface area contributed by atoms with Crippen LogP contribution >= 0.6 is 0 Å². The number of anilines is 4. The Morgan fingerprint density at radius 3 is 2.88 bits per heavy atom. The lowest BCUT2D eigenvalue weighted by molar-refractivity contribution is 1.06. The van der Waals surface area contributed by atoms with Crippen molar-refractivity contribution in [2.45, 2.75) is 13.3 Å². The van der Waals surface area contributed by atoms with Crippen molar-refractivity contribution in [3.8, 4) is 0 Å². The van der Waals surface area contributed by atoms with E-state index in [0.29, 0.717) is 0 Å². The molecule has 0 fully saturated rings. The molecule has 0 amide bonds. The fourth-order valence-corrected chi connectivity index (χ4v) is 2.10. The third kappa shape index (κ3) is 1.53. The van der Waals surface area contributed by atoms with Crippen LogP contribution in [0.5, 0.6) is 0 Å². The molecule has 1 aliphatic rings. The highest BCUT2D eigenvalue weighted by Crippen LogP contribution is 2.40. The maximum absolute atomic E-state index is 4.34. The van der Waals surface area contributed by atoms with E-state index in [1.807, 2.05) is 7.05 Å². The van der Waals surface area contributed by atoms with Gasteiger partial charge in [-0.2, -0.15) is 0 Å². The van der Waals surface area contributed by atoms with Gasteiger partial charge in [0.15, 0.2) is 11.6 Å². The van der Waals surface area contributed by atoms with Crippen LogP contribution in [0.25, 0.3) is 0 Å². The molecular formula is C13H14N4. The molecule has 17 heavy (non-hydrogen) atoms. The Morgan fingerprint density at radius 2 is 2.06 bits per heavy atom. The molecule has 0 saturated heterocycles. The van der Waals surface area contributed by atoms with E-state index in [-0.39, 0.29) is 0 Å². The summed E-state index contributed by atoms with van der Waals surface area (Å²) in [5.41, 5.74) is 3.55. The molecule has 0 bridgehead atoms. The lowest BCUT2D eigenvalue weighted by atomic mass is 10.1. The first-order chi connectivity index (χ1) is 8.29. The van der Waals surface area contributed by atoms with Crippen LogP contribution in [0.4, 0.5) is 23.0 Å². The fourth-order valence-electron chi connectivity index (χ4n) is 2.10. The lowest BCUT2D eigenvalue weighted by Gasteiger charge is -2.28. The average molecular weight is 226 g/mol. The lowest BCUT2D eigenvalue weighted by Crippen LogP contribution is -2.19. The normalized spacial score (nSPS) is 12.7. The zero-order valence-electron chi connectivity index (χ0n) is 9.94. The molecule has 0 saturated carbocycles. The molecular weight excluding hydrogens is 212 g/mol. The van der Waals surface area contributed by atoms with Crippen molar-refractivity contribution in [2.75, 3.05) is 17.3 Å². The van der Waals surface area contributed by atoms with E-state index in [2.05, 4.69) is 45.3 Å². The quantitative estimate of drug-likeness (QED) is 0.811. The van der Waals surface area contributed by atoms with Gasteiger partial charge in [0.2, 0.25) is 0 Å². The minimum absolute atomic E-state index is 0.816. The molecule has 2 aromatic rings. The summed E-state index contributed by atoms with van der Waals surface area (Å²) in [5.74, 6) is 1.68.